The molecule has 21 heavy (non-hydrogen) atoms. The SMILES string of the molecule is CN(CC1CCCCC1O)C(=O)NCC1(C2CC2)CCC1. The molecule has 3 fully saturated rings. The van der Waals surface area contributed by atoms with Gasteiger partial charge in [-0.25, -0.2) is 4.79 Å². The van der Waals surface area contributed by atoms with E-state index in [4.69, 9.17) is 0 Å². The molecule has 0 radical (unpaired) electrons. The van der Waals surface area contributed by atoms with Crippen LogP contribution in [0.15, 0.2) is 0 Å². The summed E-state index contributed by atoms with van der Waals surface area (Å²) in [6.07, 6.45) is 10.7. The summed E-state index contributed by atoms with van der Waals surface area (Å²) >= 11 is 0. The Hall–Kier alpha value is -0.770. The number of hydrogen-bond acceptors (Lipinski definition) is 2. The molecule has 2 unspecified atom stereocenters. The van der Waals surface area contributed by atoms with Gasteiger partial charge in [0.2, 0.25) is 0 Å². The zero-order valence-electron chi connectivity index (χ0n) is 13.3. The lowest BCUT2D eigenvalue weighted by Crippen LogP contribution is -2.48. The maximum atomic E-state index is 12.3. The molecule has 4 nitrogen and oxygen atoms in total. The summed E-state index contributed by atoms with van der Waals surface area (Å²) in [5.74, 6) is 1.13. The van der Waals surface area contributed by atoms with E-state index in [1.54, 1.807) is 4.90 Å². The van der Waals surface area contributed by atoms with E-state index < -0.39 is 0 Å². The molecule has 2 atom stereocenters. The highest BCUT2D eigenvalue weighted by Crippen LogP contribution is 2.56. The number of nitrogens with zero attached hydrogens (tertiary/aromatic N) is 1. The molecule has 120 valence electrons. The topological polar surface area (TPSA) is 52.6 Å². The first-order valence-electron chi connectivity index (χ1n) is 8.78. The second-order valence-corrected chi connectivity index (χ2v) is 7.64. The summed E-state index contributed by atoms with van der Waals surface area (Å²) in [4.78, 5) is 14.1. The zero-order valence-corrected chi connectivity index (χ0v) is 13.3. The van der Waals surface area contributed by atoms with Crippen molar-refractivity contribution in [3.8, 4) is 0 Å². The molecule has 3 saturated carbocycles. The van der Waals surface area contributed by atoms with Gasteiger partial charge in [0.05, 0.1) is 6.10 Å². The van der Waals surface area contributed by atoms with Gasteiger partial charge in [0, 0.05) is 26.1 Å². The van der Waals surface area contributed by atoms with Crippen LogP contribution in [0, 0.1) is 17.3 Å². The van der Waals surface area contributed by atoms with Crippen molar-refractivity contribution in [2.45, 2.75) is 63.9 Å². The normalized spacial score (nSPS) is 31.3. The Bertz CT molecular complexity index is 377. The number of aliphatic hydroxyl groups excluding tert-OH is 1. The Morgan fingerprint density at radius 1 is 1.19 bits per heavy atom. The van der Waals surface area contributed by atoms with Crippen molar-refractivity contribution >= 4 is 6.03 Å². The standard InChI is InChI=1S/C17H30N2O2/c1-19(11-13-5-2-3-6-15(13)20)16(21)18-12-17(9-4-10-17)14-7-8-14/h13-15,20H,2-12H2,1H3,(H,18,21). The Balaban J connectivity index is 1.44. The molecule has 0 aliphatic heterocycles. The minimum absolute atomic E-state index is 0.0414. The molecule has 3 aliphatic rings. The lowest BCUT2D eigenvalue weighted by atomic mass is 9.65. The fourth-order valence-corrected chi connectivity index (χ4v) is 4.28. The van der Waals surface area contributed by atoms with E-state index in [1.807, 2.05) is 7.05 Å². The minimum atomic E-state index is -0.224. The van der Waals surface area contributed by atoms with Gasteiger partial charge in [0.1, 0.15) is 0 Å². The first-order valence-corrected chi connectivity index (χ1v) is 8.78. The zero-order chi connectivity index (χ0) is 14.9. The highest BCUT2D eigenvalue weighted by Gasteiger charge is 2.49. The van der Waals surface area contributed by atoms with Crippen molar-refractivity contribution in [2.24, 2.45) is 17.3 Å². The van der Waals surface area contributed by atoms with Gasteiger partial charge in [-0.3, -0.25) is 0 Å². The van der Waals surface area contributed by atoms with Gasteiger partial charge >= 0.3 is 6.03 Å². The van der Waals surface area contributed by atoms with Crippen LogP contribution in [0.3, 0.4) is 0 Å². The van der Waals surface area contributed by atoms with Crippen LogP contribution in [0.2, 0.25) is 0 Å². The predicted molar refractivity (Wildman–Crippen MR) is 83.0 cm³/mol. The third kappa shape index (κ3) is 3.36. The molecule has 3 rings (SSSR count). The van der Waals surface area contributed by atoms with Crippen LogP contribution >= 0.6 is 0 Å². The van der Waals surface area contributed by atoms with Gasteiger partial charge in [0.25, 0.3) is 0 Å². The monoisotopic (exact) mass is 294 g/mol. The Kier molecular flexibility index (Phi) is 4.43. The lowest BCUT2D eigenvalue weighted by molar-refractivity contribution is 0.0549. The molecule has 0 bridgehead atoms. The number of aliphatic hydroxyl groups is 1. The Morgan fingerprint density at radius 3 is 2.48 bits per heavy atom. The maximum Gasteiger partial charge on any atom is 0.317 e. The van der Waals surface area contributed by atoms with Crippen molar-refractivity contribution in [1.82, 2.24) is 10.2 Å². The molecule has 0 aromatic rings. The lowest BCUT2D eigenvalue weighted by Gasteiger charge is -2.43. The summed E-state index contributed by atoms with van der Waals surface area (Å²) in [5.41, 5.74) is 0.431. The first-order chi connectivity index (χ1) is 10.1. The molecule has 2 amide bonds. The van der Waals surface area contributed by atoms with Crippen LogP contribution in [-0.4, -0.2) is 42.3 Å². The molecule has 3 aliphatic carbocycles. The second kappa shape index (κ2) is 6.15. The molecule has 0 saturated heterocycles. The number of urea groups is 1. The van der Waals surface area contributed by atoms with E-state index in [1.165, 1.54) is 38.5 Å². The van der Waals surface area contributed by atoms with Crippen LogP contribution in [0.1, 0.15) is 57.8 Å². The van der Waals surface area contributed by atoms with Crippen LogP contribution in [0.5, 0.6) is 0 Å². The highest BCUT2D eigenvalue weighted by atomic mass is 16.3. The van der Waals surface area contributed by atoms with Crippen molar-refractivity contribution in [3.05, 3.63) is 0 Å². The molecule has 0 spiro atoms. The maximum absolute atomic E-state index is 12.3. The van der Waals surface area contributed by atoms with Crippen molar-refractivity contribution in [3.63, 3.8) is 0 Å². The number of nitrogens with one attached hydrogen (secondary N) is 1. The van der Waals surface area contributed by atoms with Crippen molar-refractivity contribution in [2.75, 3.05) is 20.1 Å². The fourth-order valence-electron chi connectivity index (χ4n) is 4.28. The first kappa shape index (κ1) is 15.1. The smallest absolute Gasteiger partial charge is 0.317 e. The van der Waals surface area contributed by atoms with E-state index in [9.17, 15) is 9.90 Å². The molecule has 2 N–H and O–H groups in total. The average Bonchev–Trinajstić information content (AvgIpc) is 3.25. The largest absolute Gasteiger partial charge is 0.393 e. The molecular weight excluding hydrogens is 264 g/mol. The summed E-state index contributed by atoms with van der Waals surface area (Å²) < 4.78 is 0. The Morgan fingerprint density at radius 2 is 1.90 bits per heavy atom. The summed E-state index contributed by atoms with van der Waals surface area (Å²) in [6, 6.07) is 0.0414. The number of rotatable bonds is 5. The van der Waals surface area contributed by atoms with Crippen LogP contribution < -0.4 is 5.32 Å². The Labute approximate surface area is 128 Å². The van der Waals surface area contributed by atoms with Gasteiger partial charge in [-0.2, -0.15) is 0 Å². The van der Waals surface area contributed by atoms with Gasteiger partial charge in [-0.05, 0) is 49.9 Å². The third-order valence-corrected chi connectivity index (χ3v) is 6.11. The summed E-state index contributed by atoms with van der Waals surface area (Å²) in [7, 11) is 1.86. The number of carbonyl (C=O) groups excluding carboxylic acids is 1. The van der Waals surface area contributed by atoms with Crippen molar-refractivity contribution < 1.29 is 9.90 Å². The van der Waals surface area contributed by atoms with Gasteiger partial charge < -0.3 is 15.3 Å². The number of carbonyl (C=O) groups is 1. The predicted octanol–water partition coefficient (Wildman–Crippen LogP) is 2.76. The number of hydrogen-bond donors (Lipinski definition) is 2. The van der Waals surface area contributed by atoms with Crippen LogP contribution in [0.4, 0.5) is 4.79 Å². The molecular formula is C17H30N2O2. The summed E-state index contributed by atoms with van der Waals surface area (Å²) in [6.45, 7) is 1.54. The van der Waals surface area contributed by atoms with E-state index in [-0.39, 0.29) is 18.1 Å². The number of amides is 2. The van der Waals surface area contributed by atoms with Crippen molar-refractivity contribution in [1.29, 1.82) is 0 Å². The van der Waals surface area contributed by atoms with Gasteiger partial charge in [0.15, 0.2) is 0 Å². The van der Waals surface area contributed by atoms with Crippen LogP contribution in [0.25, 0.3) is 0 Å². The fraction of sp³-hybridized carbons (Fsp3) is 0.941. The summed E-state index contributed by atoms with van der Waals surface area (Å²) in [5, 5.41) is 13.2. The molecule has 0 aromatic heterocycles. The van der Waals surface area contributed by atoms with Gasteiger partial charge in [-0.15, -0.1) is 0 Å². The minimum Gasteiger partial charge on any atom is -0.393 e. The van der Waals surface area contributed by atoms with E-state index in [2.05, 4.69) is 5.32 Å². The van der Waals surface area contributed by atoms with E-state index >= 15 is 0 Å². The van der Waals surface area contributed by atoms with Gasteiger partial charge in [-0.1, -0.05) is 19.3 Å². The second-order valence-electron chi connectivity index (χ2n) is 7.64. The van der Waals surface area contributed by atoms with Crippen LogP contribution in [-0.2, 0) is 0 Å². The quantitative estimate of drug-likeness (QED) is 0.819. The average molecular weight is 294 g/mol. The molecule has 4 heteroatoms. The van der Waals surface area contributed by atoms with E-state index in [0.29, 0.717) is 12.0 Å². The molecule has 0 heterocycles. The third-order valence-electron chi connectivity index (χ3n) is 6.11. The highest BCUT2D eigenvalue weighted by molar-refractivity contribution is 5.73. The van der Waals surface area contributed by atoms with E-state index in [0.717, 1.165) is 31.7 Å². The molecule has 0 aromatic carbocycles.